The SMILES string of the molecule is COC(=O)[C@@H](Cc1ccccc1Br)NC(=O)C[C@H](O)CNC(=O)OCc1ccccc1. The molecule has 0 unspecified atom stereocenters. The highest BCUT2D eigenvalue weighted by atomic mass is 79.9. The number of hydrogen-bond acceptors (Lipinski definition) is 6. The summed E-state index contributed by atoms with van der Waals surface area (Å²) in [4.78, 5) is 36.1. The van der Waals surface area contributed by atoms with Crippen LogP contribution >= 0.6 is 15.9 Å². The van der Waals surface area contributed by atoms with Gasteiger partial charge < -0.3 is 25.2 Å². The van der Waals surface area contributed by atoms with Crippen molar-refractivity contribution < 1.29 is 29.0 Å². The summed E-state index contributed by atoms with van der Waals surface area (Å²) in [6.45, 7) is -0.0761. The molecule has 2 atom stereocenters. The van der Waals surface area contributed by atoms with Gasteiger partial charge in [0.2, 0.25) is 5.91 Å². The molecule has 2 rings (SSSR count). The quantitative estimate of drug-likeness (QED) is 0.438. The average molecular weight is 493 g/mol. The lowest BCUT2D eigenvalue weighted by atomic mass is 10.1. The number of halogens is 1. The molecule has 0 fully saturated rings. The van der Waals surface area contributed by atoms with Gasteiger partial charge in [0.15, 0.2) is 0 Å². The molecule has 3 N–H and O–H groups in total. The van der Waals surface area contributed by atoms with E-state index >= 15 is 0 Å². The molecule has 0 spiro atoms. The maximum Gasteiger partial charge on any atom is 0.407 e. The first-order chi connectivity index (χ1) is 14.9. The van der Waals surface area contributed by atoms with Crippen LogP contribution in [0.25, 0.3) is 0 Å². The van der Waals surface area contributed by atoms with Gasteiger partial charge in [0.1, 0.15) is 12.6 Å². The van der Waals surface area contributed by atoms with Gasteiger partial charge in [-0.25, -0.2) is 9.59 Å². The highest BCUT2D eigenvalue weighted by molar-refractivity contribution is 9.10. The van der Waals surface area contributed by atoms with Crippen molar-refractivity contribution in [3.8, 4) is 0 Å². The predicted molar refractivity (Wildman–Crippen MR) is 117 cm³/mol. The van der Waals surface area contributed by atoms with Crippen LogP contribution in [0, 0.1) is 0 Å². The molecule has 0 bridgehead atoms. The molecular weight excluding hydrogens is 468 g/mol. The number of ether oxygens (including phenoxy) is 2. The summed E-state index contributed by atoms with van der Waals surface area (Å²) in [7, 11) is 1.24. The molecule has 0 aromatic heterocycles. The van der Waals surface area contributed by atoms with Crippen LogP contribution in [-0.4, -0.2) is 48.9 Å². The summed E-state index contributed by atoms with van der Waals surface area (Å²) in [6, 6.07) is 15.6. The lowest BCUT2D eigenvalue weighted by molar-refractivity contribution is -0.145. The van der Waals surface area contributed by atoms with E-state index < -0.39 is 30.1 Å². The molecule has 8 nitrogen and oxygen atoms in total. The van der Waals surface area contributed by atoms with Crippen LogP contribution in [0.15, 0.2) is 59.1 Å². The van der Waals surface area contributed by atoms with E-state index in [1.807, 2.05) is 54.6 Å². The molecule has 2 amide bonds. The Morgan fingerprint density at radius 2 is 1.74 bits per heavy atom. The molecule has 0 radical (unpaired) electrons. The normalized spacial score (nSPS) is 12.4. The average Bonchev–Trinajstić information content (AvgIpc) is 2.77. The molecule has 31 heavy (non-hydrogen) atoms. The molecule has 2 aromatic carbocycles. The number of methoxy groups -OCH3 is 1. The Morgan fingerprint density at radius 3 is 2.42 bits per heavy atom. The fraction of sp³-hybridized carbons (Fsp3) is 0.318. The number of esters is 1. The van der Waals surface area contributed by atoms with Gasteiger partial charge in [0.25, 0.3) is 0 Å². The summed E-state index contributed by atoms with van der Waals surface area (Å²) < 4.78 is 10.6. The number of aliphatic hydroxyl groups excluding tert-OH is 1. The fourth-order valence-electron chi connectivity index (χ4n) is 2.73. The molecule has 0 aliphatic rings. The zero-order valence-electron chi connectivity index (χ0n) is 17.0. The van der Waals surface area contributed by atoms with Crippen molar-refractivity contribution in [1.29, 1.82) is 0 Å². The third kappa shape index (κ3) is 8.77. The van der Waals surface area contributed by atoms with E-state index in [0.717, 1.165) is 15.6 Å². The first-order valence-corrected chi connectivity index (χ1v) is 10.4. The van der Waals surface area contributed by atoms with Gasteiger partial charge in [-0.3, -0.25) is 4.79 Å². The van der Waals surface area contributed by atoms with Crippen LogP contribution in [0.1, 0.15) is 17.5 Å². The summed E-state index contributed by atoms with van der Waals surface area (Å²) in [5.41, 5.74) is 1.65. The Labute approximate surface area is 189 Å². The second-order valence-electron chi connectivity index (χ2n) is 6.74. The number of nitrogens with one attached hydrogen (secondary N) is 2. The number of hydrogen-bond donors (Lipinski definition) is 3. The van der Waals surface area contributed by atoms with Crippen molar-refractivity contribution >= 4 is 33.9 Å². The number of carbonyl (C=O) groups excluding carboxylic acids is 3. The van der Waals surface area contributed by atoms with Crippen LogP contribution in [0.2, 0.25) is 0 Å². The highest BCUT2D eigenvalue weighted by Gasteiger charge is 2.24. The molecule has 0 heterocycles. The summed E-state index contributed by atoms with van der Waals surface area (Å²) >= 11 is 3.41. The van der Waals surface area contributed by atoms with Crippen LogP contribution in [0.3, 0.4) is 0 Å². The van der Waals surface area contributed by atoms with Crippen LogP contribution in [-0.2, 0) is 32.1 Å². The first kappa shape index (κ1) is 24.4. The van der Waals surface area contributed by atoms with Gasteiger partial charge in [-0.1, -0.05) is 64.5 Å². The second-order valence-corrected chi connectivity index (χ2v) is 7.59. The van der Waals surface area contributed by atoms with Crippen molar-refractivity contribution in [2.45, 2.75) is 31.6 Å². The highest BCUT2D eigenvalue weighted by Crippen LogP contribution is 2.18. The van der Waals surface area contributed by atoms with Gasteiger partial charge in [0.05, 0.1) is 19.6 Å². The molecule has 9 heteroatoms. The van der Waals surface area contributed by atoms with E-state index in [0.29, 0.717) is 0 Å². The number of rotatable bonds is 10. The van der Waals surface area contributed by atoms with E-state index in [2.05, 4.69) is 26.6 Å². The Balaban J connectivity index is 1.78. The molecule has 0 aliphatic heterocycles. The van der Waals surface area contributed by atoms with Crippen molar-refractivity contribution in [3.63, 3.8) is 0 Å². The lowest BCUT2D eigenvalue weighted by Crippen LogP contribution is -2.45. The van der Waals surface area contributed by atoms with Gasteiger partial charge in [-0.15, -0.1) is 0 Å². The van der Waals surface area contributed by atoms with E-state index in [9.17, 15) is 19.5 Å². The maximum absolute atomic E-state index is 12.3. The molecule has 0 aliphatic carbocycles. The number of aliphatic hydroxyl groups is 1. The molecule has 166 valence electrons. The van der Waals surface area contributed by atoms with E-state index in [4.69, 9.17) is 9.47 Å². The smallest absolute Gasteiger partial charge is 0.407 e. The van der Waals surface area contributed by atoms with E-state index in [1.54, 1.807) is 0 Å². The topological polar surface area (TPSA) is 114 Å². The molecular formula is C22H25BrN2O6. The predicted octanol–water partition coefficient (Wildman–Crippen LogP) is 2.33. The molecule has 2 aromatic rings. The molecule has 0 saturated carbocycles. The van der Waals surface area contributed by atoms with Crippen molar-refractivity contribution in [2.24, 2.45) is 0 Å². The van der Waals surface area contributed by atoms with Crippen molar-refractivity contribution in [1.82, 2.24) is 10.6 Å². The summed E-state index contributed by atoms with van der Waals surface area (Å²) in [6.07, 6.45) is -1.93. The van der Waals surface area contributed by atoms with E-state index in [-0.39, 0.29) is 26.0 Å². The first-order valence-electron chi connectivity index (χ1n) is 9.62. The largest absolute Gasteiger partial charge is 0.467 e. The standard InChI is InChI=1S/C22H25BrN2O6/c1-30-21(28)19(11-16-9-5-6-10-18(16)23)25-20(27)12-17(26)13-24-22(29)31-14-15-7-3-2-4-8-15/h2-10,17,19,26H,11-14H2,1H3,(H,24,29)(H,25,27)/t17-,19+/m0/s1. The van der Waals surface area contributed by atoms with Gasteiger partial charge in [-0.2, -0.15) is 0 Å². The monoisotopic (exact) mass is 492 g/mol. The third-order valence-corrected chi connectivity index (χ3v) is 5.09. The van der Waals surface area contributed by atoms with Crippen molar-refractivity contribution in [3.05, 3.63) is 70.2 Å². The van der Waals surface area contributed by atoms with Crippen LogP contribution in [0.5, 0.6) is 0 Å². The number of carbonyl (C=O) groups is 3. The minimum absolute atomic E-state index is 0.0963. The zero-order valence-corrected chi connectivity index (χ0v) is 18.6. The summed E-state index contributed by atoms with van der Waals surface area (Å²) in [5.74, 6) is -1.14. The number of amides is 2. The Bertz CT molecular complexity index is 877. The van der Waals surface area contributed by atoms with Gasteiger partial charge >= 0.3 is 12.1 Å². The zero-order chi connectivity index (χ0) is 22.6. The molecule has 0 saturated heterocycles. The van der Waals surface area contributed by atoms with Gasteiger partial charge in [-0.05, 0) is 17.2 Å². The maximum atomic E-state index is 12.3. The Morgan fingerprint density at radius 1 is 1.06 bits per heavy atom. The third-order valence-electron chi connectivity index (χ3n) is 4.32. The number of benzene rings is 2. The summed E-state index contributed by atoms with van der Waals surface area (Å²) in [5, 5.41) is 15.0. The minimum atomic E-state index is -1.15. The Kier molecular flexibility index (Phi) is 9.99. The van der Waals surface area contributed by atoms with E-state index in [1.165, 1.54) is 7.11 Å². The number of alkyl carbamates (subject to hydrolysis) is 1. The second kappa shape index (κ2) is 12.7. The van der Waals surface area contributed by atoms with Crippen LogP contribution in [0.4, 0.5) is 4.79 Å². The fourth-order valence-corrected chi connectivity index (χ4v) is 3.18. The van der Waals surface area contributed by atoms with Gasteiger partial charge in [0, 0.05) is 17.4 Å². The lowest BCUT2D eigenvalue weighted by Gasteiger charge is -2.18. The minimum Gasteiger partial charge on any atom is -0.467 e. The van der Waals surface area contributed by atoms with Crippen LogP contribution < -0.4 is 10.6 Å². The Hall–Kier alpha value is -2.91. The van der Waals surface area contributed by atoms with Crippen molar-refractivity contribution in [2.75, 3.05) is 13.7 Å².